The summed E-state index contributed by atoms with van der Waals surface area (Å²) in [5, 5.41) is 7.30. The lowest BCUT2D eigenvalue weighted by atomic mass is 9.92. The van der Waals surface area contributed by atoms with Crippen molar-refractivity contribution in [3.8, 4) is 0 Å². The lowest BCUT2D eigenvalue weighted by Gasteiger charge is -2.35. The van der Waals surface area contributed by atoms with Gasteiger partial charge in [-0.3, -0.25) is 4.79 Å². The fourth-order valence-corrected chi connectivity index (χ4v) is 4.20. The predicted molar refractivity (Wildman–Crippen MR) is 115 cm³/mol. The number of aromatic nitrogens is 4. The molecule has 0 saturated carbocycles. The lowest BCUT2D eigenvalue weighted by Crippen LogP contribution is -2.39. The van der Waals surface area contributed by atoms with Gasteiger partial charge < -0.3 is 10.2 Å². The zero-order valence-electron chi connectivity index (χ0n) is 17.7. The highest BCUT2D eigenvalue weighted by atomic mass is 16.2. The number of hydrogen-bond acceptors (Lipinski definition) is 5. The third kappa shape index (κ3) is 4.22. The molecule has 1 aliphatic heterocycles. The molecule has 3 heterocycles. The molecular formula is C22H28N6O2. The minimum atomic E-state index is -0.336. The van der Waals surface area contributed by atoms with Crippen LogP contribution in [0.1, 0.15) is 31.4 Å². The number of aryl methyl sites for hydroxylation is 1. The summed E-state index contributed by atoms with van der Waals surface area (Å²) in [6.45, 7) is 8.53. The number of nitrogens with zero attached hydrogens (tertiary/aromatic N) is 5. The van der Waals surface area contributed by atoms with Crippen molar-refractivity contribution >= 4 is 17.4 Å². The van der Waals surface area contributed by atoms with Crippen molar-refractivity contribution in [2.75, 3.05) is 18.0 Å². The smallest absolute Gasteiger partial charge is 0.350 e. The Morgan fingerprint density at radius 1 is 1.17 bits per heavy atom. The number of amides is 1. The van der Waals surface area contributed by atoms with Crippen LogP contribution >= 0.6 is 0 Å². The van der Waals surface area contributed by atoms with E-state index in [-0.39, 0.29) is 18.1 Å². The topological polar surface area (TPSA) is 84.5 Å². The molecule has 1 amide bonds. The van der Waals surface area contributed by atoms with E-state index in [2.05, 4.69) is 34.1 Å². The van der Waals surface area contributed by atoms with Gasteiger partial charge in [0.15, 0.2) is 5.82 Å². The highest BCUT2D eigenvalue weighted by Gasteiger charge is 2.25. The minimum absolute atomic E-state index is 0.126. The molecule has 8 nitrogen and oxygen atoms in total. The summed E-state index contributed by atoms with van der Waals surface area (Å²) in [7, 11) is 0. The summed E-state index contributed by atoms with van der Waals surface area (Å²) in [6, 6.07) is 7.96. The number of anilines is 1. The standard InChI is InChI=1S/C22H28N6O2/c1-15-4-6-18(7-5-15)11-24-19(29)14-28-22(30)27-9-8-23-20(21(27)25-28)26-12-16(2)10-17(3)13-26/h4-9,16-17H,10-14H2,1-3H3,(H,24,29)/t16-,17-/m1/s1. The van der Waals surface area contributed by atoms with E-state index in [4.69, 9.17) is 0 Å². The molecule has 4 rings (SSSR count). The number of benzene rings is 1. The molecule has 2 aromatic heterocycles. The maximum absolute atomic E-state index is 12.8. The van der Waals surface area contributed by atoms with Crippen LogP contribution < -0.4 is 15.9 Å². The zero-order chi connectivity index (χ0) is 21.3. The Morgan fingerprint density at radius 2 is 1.87 bits per heavy atom. The summed E-state index contributed by atoms with van der Waals surface area (Å²) >= 11 is 0. The van der Waals surface area contributed by atoms with Gasteiger partial charge in [0.25, 0.3) is 0 Å². The first kappa shape index (κ1) is 20.1. The van der Waals surface area contributed by atoms with Crippen LogP contribution in [0, 0.1) is 18.8 Å². The van der Waals surface area contributed by atoms with Gasteiger partial charge in [0, 0.05) is 32.0 Å². The summed E-state index contributed by atoms with van der Waals surface area (Å²) in [5.41, 5.74) is 2.34. The Kier molecular flexibility index (Phi) is 5.57. The zero-order valence-corrected chi connectivity index (χ0v) is 17.7. The SMILES string of the molecule is Cc1ccc(CNC(=O)Cn2nc3c(N4C[C@H](C)C[C@@H](C)C4)nccn3c2=O)cc1. The molecule has 0 spiro atoms. The fraction of sp³-hybridized carbons (Fsp3) is 0.455. The highest BCUT2D eigenvalue weighted by molar-refractivity contribution is 5.75. The van der Waals surface area contributed by atoms with E-state index < -0.39 is 0 Å². The van der Waals surface area contributed by atoms with Crippen molar-refractivity contribution in [2.24, 2.45) is 11.8 Å². The second kappa shape index (κ2) is 8.30. The van der Waals surface area contributed by atoms with E-state index in [1.54, 1.807) is 12.4 Å². The molecule has 2 atom stereocenters. The first-order chi connectivity index (χ1) is 14.4. The van der Waals surface area contributed by atoms with E-state index >= 15 is 0 Å². The molecule has 0 radical (unpaired) electrons. The van der Waals surface area contributed by atoms with Crippen LogP contribution in [0.5, 0.6) is 0 Å². The number of carbonyl (C=O) groups is 1. The van der Waals surface area contributed by atoms with Crippen molar-refractivity contribution in [1.82, 2.24) is 24.5 Å². The summed E-state index contributed by atoms with van der Waals surface area (Å²) in [6.07, 6.45) is 4.41. The number of nitrogens with one attached hydrogen (secondary N) is 1. The number of rotatable bonds is 5. The predicted octanol–water partition coefficient (Wildman–Crippen LogP) is 2.00. The van der Waals surface area contributed by atoms with E-state index in [1.807, 2.05) is 31.2 Å². The maximum atomic E-state index is 12.8. The van der Waals surface area contributed by atoms with Crippen LogP contribution in [0.2, 0.25) is 0 Å². The third-order valence-electron chi connectivity index (χ3n) is 5.56. The van der Waals surface area contributed by atoms with Gasteiger partial charge in [-0.25, -0.2) is 18.9 Å². The van der Waals surface area contributed by atoms with Crippen LogP contribution in [0.15, 0.2) is 41.5 Å². The molecule has 0 aliphatic carbocycles. The van der Waals surface area contributed by atoms with Crippen LogP contribution in [0.4, 0.5) is 5.82 Å². The Bertz CT molecular complexity index is 1090. The van der Waals surface area contributed by atoms with E-state index in [0.29, 0.717) is 29.8 Å². The lowest BCUT2D eigenvalue weighted by molar-refractivity contribution is -0.122. The van der Waals surface area contributed by atoms with Crippen molar-refractivity contribution in [2.45, 2.75) is 40.3 Å². The Morgan fingerprint density at radius 3 is 2.57 bits per heavy atom. The molecule has 30 heavy (non-hydrogen) atoms. The largest absolute Gasteiger partial charge is 0.353 e. The molecule has 0 unspecified atom stereocenters. The van der Waals surface area contributed by atoms with Crippen molar-refractivity contribution in [3.05, 3.63) is 58.3 Å². The van der Waals surface area contributed by atoms with Gasteiger partial charge in [-0.1, -0.05) is 43.7 Å². The van der Waals surface area contributed by atoms with Crippen molar-refractivity contribution in [1.29, 1.82) is 0 Å². The molecule has 1 aliphatic rings. The van der Waals surface area contributed by atoms with Gasteiger partial charge in [0.1, 0.15) is 6.54 Å². The average Bonchev–Trinajstić information content (AvgIpc) is 3.02. The van der Waals surface area contributed by atoms with Crippen molar-refractivity contribution < 1.29 is 4.79 Å². The van der Waals surface area contributed by atoms with Gasteiger partial charge in [-0.05, 0) is 30.7 Å². The first-order valence-electron chi connectivity index (χ1n) is 10.4. The van der Waals surface area contributed by atoms with E-state index in [0.717, 1.165) is 18.7 Å². The normalized spacial score (nSPS) is 19.2. The molecular weight excluding hydrogens is 380 g/mol. The minimum Gasteiger partial charge on any atom is -0.353 e. The van der Waals surface area contributed by atoms with Crippen LogP contribution in [-0.2, 0) is 17.9 Å². The molecule has 1 saturated heterocycles. The molecule has 0 bridgehead atoms. The molecule has 1 aromatic carbocycles. The molecule has 158 valence electrons. The summed E-state index contributed by atoms with van der Waals surface area (Å²) in [4.78, 5) is 31.9. The number of carbonyl (C=O) groups excluding carboxylic acids is 1. The monoisotopic (exact) mass is 408 g/mol. The number of piperidine rings is 1. The molecule has 1 N–H and O–H groups in total. The summed E-state index contributed by atoms with van der Waals surface area (Å²) < 4.78 is 2.68. The van der Waals surface area contributed by atoms with Crippen LogP contribution in [-0.4, -0.2) is 38.2 Å². The molecule has 3 aromatic rings. The number of fused-ring (bicyclic) bond motifs is 1. The Labute approximate surface area is 175 Å². The second-order valence-electron chi connectivity index (χ2n) is 8.50. The van der Waals surface area contributed by atoms with Crippen molar-refractivity contribution in [3.63, 3.8) is 0 Å². The molecule has 1 fully saturated rings. The van der Waals surface area contributed by atoms with E-state index in [1.165, 1.54) is 21.1 Å². The highest BCUT2D eigenvalue weighted by Crippen LogP contribution is 2.26. The van der Waals surface area contributed by atoms with Gasteiger partial charge in [0.05, 0.1) is 0 Å². The molecule has 8 heteroatoms. The average molecular weight is 409 g/mol. The van der Waals surface area contributed by atoms with Gasteiger partial charge in [-0.15, -0.1) is 5.10 Å². The van der Waals surface area contributed by atoms with Gasteiger partial charge >= 0.3 is 5.69 Å². The Hall–Kier alpha value is -3.16. The van der Waals surface area contributed by atoms with Crippen LogP contribution in [0.3, 0.4) is 0 Å². The first-order valence-corrected chi connectivity index (χ1v) is 10.4. The summed E-state index contributed by atoms with van der Waals surface area (Å²) in [5.74, 6) is 1.55. The van der Waals surface area contributed by atoms with E-state index in [9.17, 15) is 9.59 Å². The van der Waals surface area contributed by atoms with Gasteiger partial charge in [0.2, 0.25) is 11.6 Å². The second-order valence-corrected chi connectivity index (χ2v) is 8.50. The van der Waals surface area contributed by atoms with Crippen LogP contribution in [0.25, 0.3) is 5.65 Å². The number of hydrogen-bond donors (Lipinski definition) is 1. The Balaban J connectivity index is 1.52. The fourth-order valence-electron chi connectivity index (χ4n) is 4.20. The quantitative estimate of drug-likeness (QED) is 0.698. The third-order valence-corrected chi connectivity index (χ3v) is 5.56. The maximum Gasteiger partial charge on any atom is 0.350 e. The van der Waals surface area contributed by atoms with Gasteiger partial charge in [-0.2, -0.15) is 0 Å².